The minimum atomic E-state index is -0.926. The second-order valence-corrected chi connectivity index (χ2v) is 4.09. The molecule has 0 saturated heterocycles. The number of carboxylic acid groups (broad SMARTS) is 1. The first-order chi connectivity index (χ1) is 7.93. The van der Waals surface area contributed by atoms with Crippen molar-refractivity contribution in [3.8, 4) is 0 Å². The Kier molecular flexibility index (Phi) is 4.25. The monoisotopic (exact) mass is 239 g/mol. The number of carbonyl (C=O) groups excluding carboxylic acids is 1. The van der Waals surface area contributed by atoms with Crippen molar-refractivity contribution in [2.45, 2.75) is 32.9 Å². The van der Waals surface area contributed by atoms with Crippen LogP contribution in [-0.2, 0) is 9.59 Å². The maximum Gasteiger partial charge on any atom is 0.308 e. The number of nitrogens with one attached hydrogen (secondary N) is 1. The van der Waals surface area contributed by atoms with Gasteiger partial charge < -0.3 is 10.4 Å². The molecule has 3 unspecified atom stereocenters. The lowest BCUT2D eigenvalue weighted by Gasteiger charge is -2.20. The van der Waals surface area contributed by atoms with Crippen LogP contribution in [0.15, 0.2) is 18.5 Å². The first kappa shape index (κ1) is 13.2. The molecule has 0 saturated carbocycles. The maximum atomic E-state index is 11.8. The van der Waals surface area contributed by atoms with Gasteiger partial charge in [-0.25, -0.2) is 0 Å². The normalized spacial score (nSPS) is 15.9. The van der Waals surface area contributed by atoms with E-state index < -0.39 is 24.0 Å². The zero-order valence-corrected chi connectivity index (χ0v) is 10.1. The summed E-state index contributed by atoms with van der Waals surface area (Å²) in [6.45, 7) is 4.94. The van der Waals surface area contributed by atoms with E-state index in [-0.39, 0.29) is 5.91 Å². The van der Waals surface area contributed by atoms with E-state index in [4.69, 9.17) is 5.11 Å². The minimum absolute atomic E-state index is 0.241. The Morgan fingerprint density at radius 2 is 2.00 bits per heavy atom. The number of rotatable bonds is 5. The molecule has 0 bridgehead atoms. The van der Waals surface area contributed by atoms with Crippen LogP contribution in [0, 0.1) is 5.92 Å². The van der Waals surface area contributed by atoms with E-state index >= 15 is 0 Å². The molecule has 0 aliphatic carbocycles. The highest BCUT2D eigenvalue weighted by Gasteiger charge is 2.23. The third-order valence-electron chi connectivity index (χ3n) is 2.81. The number of amides is 1. The van der Waals surface area contributed by atoms with Gasteiger partial charge in [0.25, 0.3) is 0 Å². The lowest BCUT2D eigenvalue weighted by Crippen LogP contribution is -2.42. The SMILES string of the molecule is CC(NC(=O)C(C)n1cccn1)C(C)C(=O)O. The largest absolute Gasteiger partial charge is 0.481 e. The number of aromatic nitrogens is 2. The fraction of sp³-hybridized carbons (Fsp3) is 0.545. The van der Waals surface area contributed by atoms with E-state index in [1.165, 1.54) is 4.68 Å². The Balaban J connectivity index is 2.58. The van der Waals surface area contributed by atoms with Gasteiger partial charge in [0.05, 0.1) is 5.92 Å². The smallest absolute Gasteiger partial charge is 0.308 e. The van der Waals surface area contributed by atoms with Crippen molar-refractivity contribution in [1.29, 1.82) is 0 Å². The van der Waals surface area contributed by atoms with Gasteiger partial charge in [0.15, 0.2) is 0 Å². The summed E-state index contributed by atoms with van der Waals surface area (Å²) in [7, 11) is 0. The number of hydrogen-bond acceptors (Lipinski definition) is 3. The Bertz CT molecular complexity index is 389. The van der Waals surface area contributed by atoms with Crippen LogP contribution in [0.5, 0.6) is 0 Å². The summed E-state index contributed by atoms with van der Waals surface area (Å²) in [5.41, 5.74) is 0. The summed E-state index contributed by atoms with van der Waals surface area (Å²) in [6.07, 6.45) is 3.28. The molecule has 0 radical (unpaired) electrons. The van der Waals surface area contributed by atoms with Gasteiger partial charge in [-0.15, -0.1) is 0 Å². The third-order valence-corrected chi connectivity index (χ3v) is 2.81. The van der Waals surface area contributed by atoms with Crippen molar-refractivity contribution in [1.82, 2.24) is 15.1 Å². The molecule has 6 nitrogen and oxygen atoms in total. The first-order valence-electron chi connectivity index (χ1n) is 5.45. The molecule has 1 aromatic rings. The van der Waals surface area contributed by atoms with E-state index in [1.54, 1.807) is 39.2 Å². The van der Waals surface area contributed by atoms with Crippen molar-refractivity contribution >= 4 is 11.9 Å². The summed E-state index contributed by atoms with van der Waals surface area (Å²) < 4.78 is 1.52. The van der Waals surface area contributed by atoms with E-state index in [9.17, 15) is 9.59 Å². The van der Waals surface area contributed by atoms with Crippen LogP contribution in [0.4, 0.5) is 0 Å². The molecule has 2 N–H and O–H groups in total. The van der Waals surface area contributed by atoms with Gasteiger partial charge in [-0.05, 0) is 26.8 Å². The number of nitrogens with zero attached hydrogens (tertiary/aromatic N) is 2. The fourth-order valence-electron chi connectivity index (χ4n) is 1.31. The van der Waals surface area contributed by atoms with Gasteiger partial charge >= 0.3 is 5.97 Å². The molecule has 1 amide bonds. The van der Waals surface area contributed by atoms with E-state index in [0.717, 1.165) is 0 Å². The summed E-state index contributed by atoms with van der Waals surface area (Å²) in [5.74, 6) is -1.79. The van der Waals surface area contributed by atoms with Gasteiger partial charge in [-0.3, -0.25) is 14.3 Å². The average Bonchev–Trinajstić information content (AvgIpc) is 2.79. The minimum Gasteiger partial charge on any atom is -0.481 e. The molecule has 0 aliphatic heterocycles. The van der Waals surface area contributed by atoms with Crippen LogP contribution in [0.2, 0.25) is 0 Å². The second-order valence-electron chi connectivity index (χ2n) is 4.09. The highest BCUT2D eigenvalue weighted by molar-refractivity contribution is 5.81. The predicted octanol–water partition coefficient (Wildman–Crippen LogP) is 0.669. The summed E-state index contributed by atoms with van der Waals surface area (Å²) >= 11 is 0. The summed E-state index contributed by atoms with van der Waals surface area (Å²) in [6, 6.07) is 0.860. The van der Waals surface area contributed by atoms with Crippen molar-refractivity contribution in [2.24, 2.45) is 5.92 Å². The van der Waals surface area contributed by atoms with Gasteiger partial charge in [-0.1, -0.05) is 0 Å². The molecule has 0 spiro atoms. The van der Waals surface area contributed by atoms with Crippen LogP contribution in [0.25, 0.3) is 0 Å². The van der Waals surface area contributed by atoms with Crippen LogP contribution >= 0.6 is 0 Å². The van der Waals surface area contributed by atoms with Gasteiger partial charge in [0, 0.05) is 18.4 Å². The van der Waals surface area contributed by atoms with E-state index in [0.29, 0.717) is 0 Å². The van der Waals surface area contributed by atoms with Gasteiger partial charge in [0.1, 0.15) is 6.04 Å². The Morgan fingerprint density at radius 3 is 2.47 bits per heavy atom. The standard InChI is InChI=1S/C11H17N3O3/c1-7(11(16)17)8(2)13-10(15)9(3)14-6-4-5-12-14/h4-9H,1-3H3,(H,13,15)(H,16,17). The molecule has 6 heteroatoms. The first-order valence-corrected chi connectivity index (χ1v) is 5.45. The molecule has 1 aromatic heterocycles. The number of carboxylic acids is 1. The molecule has 1 rings (SSSR count). The Morgan fingerprint density at radius 1 is 1.35 bits per heavy atom. The van der Waals surface area contributed by atoms with Crippen molar-refractivity contribution < 1.29 is 14.7 Å². The fourth-order valence-corrected chi connectivity index (χ4v) is 1.31. The Labute approximate surface area is 99.6 Å². The molecule has 94 valence electrons. The molecular weight excluding hydrogens is 222 g/mol. The predicted molar refractivity (Wildman–Crippen MR) is 61.3 cm³/mol. The highest BCUT2D eigenvalue weighted by atomic mass is 16.4. The number of hydrogen-bond donors (Lipinski definition) is 2. The lowest BCUT2D eigenvalue weighted by atomic mass is 10.0. The van der Waals surface area contributed by atoms with E-state index in [2.05, 4.69) is 10.4 Å². The number of aliphatic carboxylic acids is 1. The zero-order chi connectivity index (χ0) is 13.0. The lowest BCUT2D eigenvalue weighted by molar-refractivity contribution is -0.142. The van der Waals surface area contributed by atoms with Crippen molar-refractivity contribution in [3.05, 3.63) is 18.5 Å². The Hall–Kier alpha value is -1.85. The zero-order valence-electron chi connectivity index (χ0n) is 10.1. The highest BCUT2D eigenvalue weighted by Crippen LogP contribution is 2.07. The maximum absolute atomic E-state index is 11.8. The average molecular weight is 239 g/mol. The van der Waals surface area contributed by atoms with Crippen molar-refractivity contribution in [3.63, 3.8) is 0 Å². The molecule has 17 heavy (non-hydrogen) atoms. The van der Waals surface area contributed by atoms with Crippen molar-refractivity contribution in [2.75, 3.05) is 0 Å². The van der Waals surface area contributed by atoms with Gasteiger partial charge in [0.2, 0.25) is 5.91 Å². The van der Waals surface area contributed by atoms with Crippen LogP contribution in [0.1, 0.15) is 26.8 Å². The molecule has 0 aliphatic rings. The summed E-state index contributed by atoms with van der Waals surface area (Å²) in [4.78, 5) is 22.6. The third kappa shape index (κ3) is 3.30. The van der Waals surface area contributed by atoms with Gasteiger partial charge in [-0.2, -0.15) is 5.10 Å². The van der Waals surface area contributed by atoms with E-state index in [1.807, 2.05) is 0 Å². The van der Waals surface area contributed by atoms with Crippen LogP contribution in [0.3, 0.4) is 0 Å². The quantitative estimate of drug-likeness (QED) is 0.791. The van der Waals surface area contributed by atoms with Crippen LogP contribution in [-0.4, -0.2) is 32.8 Å². The molecule has 1 heterocycles. The molecule has 3 atom stereocenters. The number of carbonyl (C=O) groups is 2. The topological polar surface area (TPSA) is 84.2 Å². The molecule has 0 fully saturated rings. The molecule has 0 aromatic carbocycles. The summed E-state index contributed by atoms with van der Waals surface area (Å²) in [5, 5.41) is 15.5. The van der Waals surface area contributed by atoms with Crippen LogP contribution < -0.4 is 5.32 Å². The second kappa shape index (κ2) is 5.47. The molecular formula is C11H17N3O3.